The number of hydrogen-bond acceptors (Lipinski definition) is 2. The number of rotatable bonds is 2. The fourth-order valence-corrected chi connectivity index (χ4v) is 2.58. The summed E-state index contributed by atoms with van der Waals surface area (Å²) in [5.74, 6) is 0. The molecule has 0 fully saturated rings. The zero-order chi connectivity index (χ0) is 16.8. The van der Waals surface area contributed by atoms with Crippen LogP contribution >= 0.6 is 15.9 Å². The number of alkyl halides is 2. The van der Waals surface area contributed by atoms with E-state index in [1.165, 1.54) is 0 Å². The predicted molar refractivity (Wildman–Crippen MR) is 96.0 cm³/mol. The van der Waals surface area contributed by atoms with Crippen molar-refractivity contribution in [2.45, 2.75) is 18.9 Å². The number of pyridine rings is 1. The molecule has 1 heterocycles. The number of hydrogen-bond donors (Lipinski definition) is 0. The molecule has 116 valence electrons. The van der Waals surface area contributed by atoms with Crippen LogP contribution in [0.25, 0.3) is 22.0 Å². The van der Waals surface area contributed by atoms with Gasteiger partial charge in [-0.15, -0.1) is 0 Å². The highest BCUT2D eigenvalue weighted by Crippen LogP contribution is 2.32. The lowest BCUT2D eigenvalue weighted by molar-refractivity contribution is 0.479. The van der Waals surface area contributed by atoms with E-state index in [1.54, 1.807) is 18.2 Å². The topological polar surface area (TPSA) is 36.7 Å². The zero-order valence-electron chi connectivity index (χ0n) is 12.9. The Kier molecular flexibility index (Phi) is 5.84. The summed E-state index contributed by atoms with van der Waals surface area (Å²) in [6.45, 7) is 4.00. The Morgan fingerprint density at radius 2 is 1.78 bits per heavy atom. The molecule has 2 aromatic carbocycles. The van der Waals surface area contributed by atoms with Crippen LogP contribution in [0.15, 0.2) is 54.6 Å². The summed E-state index contributed by atoms with van der Waals surface area (Å²) in [5, 5.41) is 8.81. The summed E-state index contributed by atoms with van der Waals surface area (Å²) in [6, 6.07) is 18.8. The van der Waals surface area contributed by atoms with Gasteiger partial charge in [0.15, 0.2) is 5.08 Å². The molecule has 0 N–H and O–H groups in total. The van der Waals surface area contributed by atoms with E-state index in [9.17, 15) is 4.39 Å². The summed E-state index contributed by atoms with van der Waals surface area (Å²) in [4.78, 5) is 4.27. The highest BCUT2D eigenvalue weighted by Gasteiger charge is 2.11. The molecule has 0 aliphatic heterocycles. The number of nitrogens with zero attached hydrogens (tertiary/aromatic N) is 2. The van der Waals surface area contributed by atoms with Crippen LogP contribution in [0.3, 0.4) is 0 Å². The molecule has 3 aromatic rings. The Labute approximate surface area is 143 Å². The minimum Gasteiger partial charge on any atom is -0.237 e. The number of nitriles is 1. The monoisotopic (exact) mass is 370 g/mol. The molecule has 1 atom stereocenters. The molecule has 4 heteroatoms. The SMILES string of the molecule is CC.N#Cc1cc(-c2ccccc2)c2ccc(C(F)Br)cc2n1. The van der Waals surface area contributed by atoms with Gasteiger partial charge < -0.3 is 0 Å². The molecule has 0 aliphatic rings. The van der Waals surface area contributed by atoms with Crippen molar-refractivity contribution in [1.29, 1.82) is 5.26 Å². The molecule has 3 rings (SSSR count). The molecule has 0 spiro atoms. The smallest absolute Gasteiger partial charge is 0.180 e. The van der Waals surface area contributed by atoms with Gasteiger partial charge >= 0.3 is 0 Å². The van der Waals surface area contributed by atoms with Gasteiger partial charge in [-0.05, 0) is 44.8 Å². The average Bonchev–Trinajstić information content (AvgIpc) is 2.62. The number of fused-ring (bicyclic) bond motifs is 1. The molecule has 0 saturated carbocycles. The molecule has 1 unspecified atom stereocenters. The van der Waals surface area contributed by atoms with Crippen LogP contribution in [0.2, 0.25) is 0 Å². The van der Waals surface area contributed by atoms with Gasteiger partial charge in [0, 0.05) is 5.39 Å². The van der Waals surface area contributed by atoms with Gasteiger partial charge in [0.05, 0.1) is 5.52 Å². The first-order valence-corrected chi connectivity index (χ1v) is 8.29. The second-order valence-electron chi connectivity index (χ2n) is 4.61. The Morgan fingerprint density at radius 3 is 2.39 bits per heavy atom. The zero-order valence-corrected chi connectivity index (χ0v) is 14.5. The van der Waals surface area contributed by atoms with E-state index >= 15 is 0 Å². The number of halogens is 2. The molecule has 1 aromatic heterocycles. The normalized spacial score (nSPS) is 11.3. The van der Waals surface area contributed by atoms with Gasteiger partial charge in [0.25, 0.3) is 0 Å². The van der Waals surface area contributed by atoms with Crippen LogP contribution in [0.1, 0.15) is 30.2 Å². The second-order valence-corrected chi connectivity index (χ2v) is 5.41. The summed E-state index contributed by atoms with van der Waals surface area (Å²) in [5.41, 5.74) is 3.36. The lowest BCUT2D eigenvalue weighted by Gasteiger charge is -2.09. The van der Waals surface area contributed by atoms with E-state index < -0.39 is 5.08 Å². The van der Waals surface area contributed by atoms with Crippen LogP contribution in [-0.4, -0.2) is 4.98 Å². The standard InChI is InChI=1S/C17H10BrFN2.C2H6/c18-17(19)12-6-7-14-15(11-4-2-1-3-5-11)9-13(10-20)21-16(14)8-12;1-2/h1-9,17H;1-2H3. The van der Waals surface area contributed by atoms with Crippen LogP contribution in [0.5, 0.6) is 0 Å². The molecular formula is C19H16BrFN2. The van der Waals surface area contributed by atoms with Crippen LogP contribution < -0.4 is 0 Å². The summed E-state index contributed by atoms with van der Waals surface area (Å²) in [6.07, 6.45) is 0. The molecular weight excluding hydrogens is 355 g/mol. The van der Waals surface area contributed by atoms with Crippen molar-refractivity contribution < 1.29 is 4.39 Å². The van der Waals surface area contributed by atoms with Crippen LogP contribution in [0, 0.1) is 11.3 Å². The highest BCUT2D eigenvalue weighted by atomic mass is 79.9. The van der Waals surface area contributed by atoms with Crippen molar-refractivity contribution in [3.05, 3.63) is 65.9 Å². The minimum atomic E-state index is -1.24. The van der Waals surface area contributed by atoms with Crippen LogP contribution in [0.4, 0.5) is 4.39 Å². The number of benzene rings is 2. The first-order chi connectivity index (χ1) is 11.2. The highest BCUT2D eigenvalue weighted by molar-refractivity contribution is 9.09. The molecule has 2 nitrogen and oxygen atoms in total. The minimum absolute atomic E-state index is 0.323. The first-order valence-electron chi connectivity index (χ1n) is 7.37. The van der Waals surface area contributed by atoms with Gasteiger partial charge in [0.2, 0.25) is 0 Å². The maximum atomic E-state index is 13.4. The molecule has 0 saturated heterocycles. The van der Waals surface area contributed by atoms with E-state index in [4.69, 9.17) is 5.26 Å². The van der Waals surface area contributed by atoms with Crippen molar-refractivity contribution in [3.63, 3.8) is 0 Å². The number of aromatic nitrogens is 1. The largest absolute Gasteiger partial charge is 0.237 e. The molecule has 0 radical (unpaired) electrons. The van der Waals surface area contributed by atoms with Gasteiger partial charge in [-0.25, -0.2) is 9.37 Å². The summed E-state index contributed by atoms with van der Waals surface area (Å²) in [7, 11) is 0. The van der Waals surface area contributed by atoms with Crippen molar-refractivity contribution in [3.8, 4) is 17.2 Å². The lowest BCUT2D eigenvalue weighted by atomic mass is 9.99. The van der Waals surface area contributed by atoms with Gasteiger partial charge in [-0.3, -0.25) is 0 Å². The Bertz CT molecular complexity index is 839. The third-order valence-electron chi connectivity index (χ3n) is 3.29. The van der Waals surface area contributed by atoms with Crippen molar-refractivity contribution in [2.24, 2.45) is 0 Å². The van der Waals surface area contributed by atoms with Crippen molar-refractivity contribution in [2.75, 3.05) is 0 Å². The quantitative estimate of drug-likeness (QED) is 0.506. The second kappa shape index (κ2) is 7.85. The Balaban J connectivity index is 0.000000924. The Hall–Kier alpha value is -2.25. The third-order valence-corrected chi connectivity index (χ3v) is 3.81. The summed E-state index contributed by atoms with van der Waals surface area (Å²) < 4.78 is 13.4. The van der Waals surface area contributed by atoms with E-state index in [0.717, 1.165) is 16.5 Å². The van der Waals surface area contributed by atoms with Crippen LogP contribution in [-0.2, 0) is 0 Å². The van der Waals surface area contributed by atoms with Crippen molar-refractivity contribution >= 4 is 26.8 Å². The van der Waals surface area contributed by atoms with E-state index in [-0.39, 0.29) is 0 Å². The Morgan fingerprint density at radius 1 is 1.09 bits per heavy atom. The average molecular weight is 371 g/mol. The molecule has 23 heavy (non-hydrogen) atoms. The molecule has 0 amide bonds. The predicted octanol–water partition coefficient (Wildman–Crippen LogP) is 6.16. The van der Waals surface area contributed by atoms with Crippen molar-refractivity contribution in [1.82, 2.24) is 4.98 Å². The fourth-order valence-electron chi connectivity index (χ4n) is 2.29. The lowest BCUT2D eigenvalue weighted by Crippen LogP contribution is -1.91. The van der Waals surface area contributed by atoms with E-state index in [1.807, 2.05) is 50.2 Å². The molecule has 0 bridgehead atoms. The maximum absolute atomic E-state index is 13.4. The van der Waals surface area contributed by atoms with Gasteiger partial charge in [-0.2, -0.15) is 5.26 Å². The molecule has 0 aliphatic carbocycles. The van der Waals surface area contributed by atoms with Gasteiger partial charge in [-0.1, -0.05) is 56.3 Å². The van der Waals surface area contributed by atoms with E-state index in [0.29, 0.717) is 16.8 Å². The third kappa shape index (κ3) is 3.75. The van der Waals surface area contributed by atoms with Gasteiger partial charge in [0.1, 0.15) is 11.8 Å². The van der Waals surface area contributed by atoms with E-state index in [2.05, 4.69) is 27.0 Å². The fraction of sp³-hybridized carbons (Fsp3) is 0.158. The summed E-state index contributed by atoms with van der Waals surface area (Å²) >= 11 is 2.91. The maximum Gasteiger partial charge on any atom is 0.180 e. The first kappa shape index (κ1) is 17.1.